The van der Waals surface area contributed by atoms with Crippen LogP contribution in [0.3, 0.4) is 0 Å². The second-order valence-electron chi connectivity index (χ2n) is 5.97. The summed E-state index contributed by atoms with van der Waals surface area (Å²) in [4.78, 5) is 8.59. The Labute approximate surface area is 162 Å². The van der Waals surface area contributed by atoms with Crippen LogP contribution in [0.1, 0.15) is 11.1 Å². The van der Waals surface area contributed by atoms with Gasteiger partial charge in [0.15, 0.2) is 0 Å². The zero-order chi connectivity index (χ0) is 19.9. The number of para-hydroxylation sites is 2. The Morgan fingerprint density at radius 3 is 2.50 bits per heavy atom. The van der Waals surface area contributed by atoms with Gasteiger partial charge in [0.25, 0.3) is 0 Å². The molecule has 2 heterocycles. The molecule has 2 aromatic heterocycles. The number of fused-ring (bicyclic) bond motifs is 1. The number of aromatic nitrogens is 3. The number of nitrogens with zero attached hydrogens (tertiary/aromatic N) is 4. The molecule has 138 valence electrons. The molecule has 4 nitrogen and oxygen atoms in total. The summed E-state index contributed by atoms with van der Waals surface area (Å²) in [6, 6.07) is 15.6. The van der Waals surface area contributed by atoms with Gasteiger partial charge in [-0.15, -0.1) is 0 Å². The number of halogens is 4. The van der Waals surface area contributed by atoms with Crippen molar-refractivity contribution in [3.8, 4) is 23.1 Å². The van der Waals surface area contributed by atoms with E-state index >= 15 is 0 Å². The van der Waals surface area contributed by atoms with E-state index in [1.807, 2.05) is 0 Å². The molecule has 0 unspecified atom stereocenters. The van der Waals surface area contributed by atoms with Gasteiger partial charge in [-0.3, -0.25) is 4.57 Å². The zero-order valence-electron chi connectivity index (χ0n) is 14.1. The number of hydrogen-bond donors (Lipinski definition) is 0. The van der Waals surface area contributed by atoms with E-state index in [0.29, 0.717) is 27.6 Å². The summed E-state index contributed by atoms with van der Waals surface area (Å²) in [5.74, 6) is 0.420. The molecular formula is C20H10ClF3N4. The van der Waals surface area contributed by atoms with Gasteiger partial charge >= 0.3 is 6.18 Å². The van der Waals surface area contributed by atoms with Gasteiger partial charge in [0.05, 0.1) is 28.2 Å². The van der Waals surface area contributed by atoms with Crippen LogP contribution in [0, 0.1) is 11.3 Å². The molecule has 0 saturated heterocycles. The molecule has 0 N–H and O–H groups in total. The van der Waals surface area contributed by atoms with Crippen LogP contribution in [0.15, 0.2) is 60.8 Å². The van der Waals surface area contributed by atoms with Gasteiger partial charge in [0, 0.05) is 17.4 Å². The number of nitriles is 1. The average molecular weight is 399 g/mol. The standard InChI is InChI=1S/C20H10ClF3N4/c21-18-8-6-13(11-26-18)19-27-16-3-1-2-4-17(16)28(19)14-7-5-12(10-25)15(9-14)20(22,23)24/h1-9,11H. The molecular weight excluding hydrogens is 389 g/mol. The Balaban J connectivity index is 2.02. The molecule has 0 amide bonds. The molecule has 0 bridgehead atoms. The van der Waals surface area contributed by atoms with Crippen LogP contribution >= 0.6 is 11.6 Å². The van der Waals surface area contributed by atoms with E-state index in [0.717, 1.165) is 12.1 Å². The maximum absolute atomic E-state index is 13.4. The molecule has 0 fully saturated rings. The summed E-state index contributed by atoms with van der Waals surface area (Å²) in [6.45, 7) is 0. The zero-order valence-corrected chi connectivity index (χ0v) is 14.8. The highest BCUT2D eigenvalue weighted by molar-refractivity contribution is 6.29. The van der Waals surface area contributed by atoms with Crippen LogP contribution in [0.25, 0.3) is 28.1 Å². The van der Waals surface area contributed by atoms with Crippen LogP contribution in [-0.2, 0) is 6.18 Å². The molecule has 0 aliphatic heterocycles. The first-order valence-corrected chi connectivity index (χ1v) is 8.47. The molecule has 0 saturated carbocycles. The quantitative estimate of drug-likeness (QED) is 0.411. The highest BCUT2D eigenvalue weighted by atomic mass is 35.5. The summed E-state index contributed by atoms with van der Waals surface area (Å²) in [5, 5.41) is 9.34. The Morgan fingerprint density at radius 2 is 1.82 bits per heavy atom. The van der Waals surface area contributed by atoms with Gasteiger partial charge < -0.3 is 0 Å². The lowest BCUT2D eigenvalue weighted by Crippen LogP contribution is -2.09. The Hall–Kier alpha value is -3.37. The van der Waals surface area contributed by atoms with Crippen molar-refractivity contribution in [3.63, 3.8) is 0 Å². The van der Waals surface area contributed by atoms with Crippen LogP contribution in [0.4, 0.5) is 13.2 Å². The second kappa shape index (κ2) is 6.66. The number of pyridine rings is 1. The molecule has 8 heteroatoms. The van der Waals surface area contributed by atoms with Gasteiger partial charge in [-0.05, 0) is 42.5 Å². The number of alkyl halides is 3. The first-order valence-electron chi connectivity index (χ1n) is 8.09. The van der Waals surface area contributed by atoms with E-state index in [1.54, 1.807) is 47.0 Å². The van der Waals surface area contributed by atoms with E-state index in [1.165, 1.54) is 12.3 Å². The Bertz CT molecular complexity index is 1220. The lowest BCUT2D eigenvalue weighted by Gasteiger charge is -2.14. The molecule has 2 aromatic carbocycles. The summed E-state index contributed by atoms with van der Waals surface area (Å²) >= 11 is 5.85. The lowest BCUT2D eigenvalue weighted by molar-refractivity contribution is -0.137. The monoisotopic (exact) mass is 398 g/mol. The molecule has 0 spiro atoms. The molecule has 0 aliphatic carbocycles. The maximum Gasteiger partial charge on any atom is 0.417 e. The molecule has 0 radical (unpaired) electrons. The van der Waals surface area contributed by atoms with E-state index < -0.39 is 17.3 Å². The van der Waals surface area contributed by atoms with E-state index in [4.69, 9.17) is 16.9 Å². The third-order valence-corrected chi connectivity index (χ3v) is 4.46. The summed E-state index contributed by atoms with van der Waals surface area (Å²) in [7, 11) is 0. The fourth-order valence-corrected chi connectivity index (χ4v) is 3.10. The minimum absolute atomic E-state index is 0.241. The van der Waals surface area contributed by atoms with Crippen molar-refractivity contribution in [2.75, 3.05) is 0 Å². The van der Waals surface area contributed by atoms with Crippen molar-refractivity contribution >= 4 is 22.6 Å². The number of hydrogen-bond acceptors (Lipinski definition) is 3. The highest BCUT2D eigenvalue weighted by Gasteiger charge is 2.34. The summed E-state index contributed by atoms with van der Waals surface area (Å²) in [5.41, 5.74) is 0.653. The van der Waals surface area contributed by atoms with Crippen molar-refractivity contribution in [1.29, 1.82) is 5.26 Å². The topological polar surface area (TPSA) is 54.5 Å². The fourth-order valence-electron chi connectivity index (χ4n) is 2.99. The van der Waals surface area contributed by atoms with Crippen molar-refractivity contribution in [3.05, 3.63) is 77.1 Å². The first-order chi connectivity index (χ1) is 13.4. The van der Waals surface area contributed by atoms with Crippen LogP contribution < -0.4 is 0 Å². The highest BCUT2D eigenvalue weighted by Crippen LogP contribution is 2.35. The van der Waals surface area contributed by atoms with Crippen molar-refractivity contribution in [2.24, 2.45) is 0 Å². The smallest absolute Gasteiger partial charge is 0.292 e. The molecule has 0 aliphatic rings. The Morgan fingerprint density at radius 1 is 1.04 bits per heavy atom. The van der Waals surface area contributed by atoms with E-state index in [9.17, 15) is 13.2 Å². The lowest BCUT2D eigenvalue weighted by atomic mass is 10.1. The normalized spacial score (nSPS) is 11.5. The van der Waals surface area contributed by atoms with Crippen LogP contribution in [-0.4, -0.2) is 14.5 Å². The van der Waals surface area contributed by atoms with Crippen LogP contribution in [0.5, 0.6) is 0 Å². The van der Waals surface area contributed by atoms with E-state index in [-0.39, 0.29) is 5.69 Å². The Kier molecular flexibility index (Phi) is 4.28. The third kappa shape index (κ3) is 3.08. The SMILES string of the molecule is N#Cc1ccc(-n2c(-c3ccc(Cl)nc3)nc3ccccc32)cc1C(F)(F)F. The van der Waals surface area contributed by atoms with Gasteiger partial charge in [0.1, 0.15) is 11.0 Å². The van der Waals surface area contributed by atoms with Gasteiger partial charge in [-0.2, -0.15) is 18.4 Å². The predicted octanol–water partition coefficient (Wildman–Crippen LogP) is 5.63. The van der Waals surface area contributed by atoms with Crippen LogP contribution in [0.2, 0.25) is 5.15 Å². The fraction of sp³-hybridized carbons (Fsp3) is 0.0500. The van der Waals surface area contributed by atoms with Gasteiger partial charge in [0.2, 0.25) is 0 Å². The maximum atomic E-state index is 13.4. The average Bonchev–Trinajstić information content (AvgIpc) is 3.07. The largest absolute Gasteiger partial charge is 0.417 e. The number of imidazole rings is 1. The predicted molar refractivity (Wildman–Crippen MR) is 99.0 cm³/mol. The van der Waals surface area contributed by atoms with Crippen molar-refractivity contribution in [1.82, 2.24) is 14.5 Å². The number of benzene rings is 2. The molecule has 4 aromatic rings. The second-order valence-corrected chi connectivity index (χ2v) is 6.36. The van der Waals surface area contributed by atoms with Crippen molar-refractivity contribution in [2.45, 2.75) is 6.18 Å². The summed E-state index contributed by atoms with van der Waals surface area (Å²) < 4.78 is 41.9. The van der Waals surface area contributed by atoms with Gasteiger partial charge in [-0.25, -0.2) is 9.97 Å². The summed E-state index contributed by atoms with van der Waals surface area (Å²) in [6.07, 6.45) is -3.15. The van der Waals surface area contributed by atoms with Crippen molar-refractivity contribution < 1.29 is 13.2 Å². The first kappa shape index (κ1) is 18.0. The molecule has 0 atom stereocenters. The minimum Gasteiger partial charge on any atom is -0.292 e. The molecule has 28 heavy (non-hydrogen) atoms. The number of rotatable bonds is 2. The third-order valence-electron chi connectivity index (χ3n) is 4.23. The molecule has 4 rings (SSSR count). The van der Waals surface area contributed by atoms with Gasteiger partial charge in [-0.1, -0.05) is 23.7 Å². The van der Waals surface area contributed by atoms with E-state index in [2.05, 4.69) is 9.97 Å². The minimum atomic E-state index is -4.65.